The first kappa shape index (κ1) is 15.5. The van der Waals surface area contributed by atoms with E-state index >= 15 is 0 Å². The fraction of sp³-hybridized carbons (Fsp3) is 0.647. The van der Waals surface area contributed by atoms with E-state index in [1.165, 1.54) is 30.8 Å². The van der Waals surface area contributed by atoms with Crippen LogP contribution in [0, 0.1) is 0 Å². The van der Waals surface area contributed by atoms with Gasteiger partial charge < -0.3 is 10.2 Å². The van der Waals surface area contributed by atoms with E-state index in [2.05, 4.69) is 60.3 Å². The lowest BCUT2D eigenvalue weighted by Gasteiger charge is -2.38. The molecule has 112 valence electrons. The Hall–Kier alpha value is -0.900. The van der Waals surface area contributed by atoms with E-state index in [4.69, 9.17) is 0 Å². The molecule has 0 saturated carbocycles. The van der Waals surface area contributed by atoms with Gasteiger partial charge in [-0.2, -0.15) is 0 Å². The van der Waals surface area contributed by atoms with Gasteiger partial charge in [0.2, 0.25) is 0 Å². The highest BCUT2D eigenvalue weighted by molar-refractivity contribution is 5.27. The highest BCUT2D eigenvalue weighted by Crippen LogP contribution is 2.15. The molecule has 1 aliphatic heterocycles. The van der Waals surface area contributed by atoms with Crippen LogP contribution in [0.1, 0.15) is 25.0 Å². The molecule has 20 heavy (non-hydrogen) atoms. The van der Waals surface area contributed by atoms with Gasteiger partial charge >= 0.3 is 0 Å². The largest absolute Gasteiger partial charge is 0.317 e. The molecule has 1 saturated heterocycles. The highest BCUT2D eigenvalue weighted by atomic mass is 15.3. The summed E-state index contributed by atoms with van der Waals surface area (Å²) in [6, 6.07) is 9.58. The molecular weight excluding hydrogens is 246 g/mol. The smallest absolute Gasteiger partial charge is 0.0237 e. The van der Waals surface area contributed by atoms with Crippen molar-refractivity contribution in [1.29, 1.82) is 0 Å². The molecule has 1 N–H and O–H groups in total. The van der Waals surface area contributed by atoms with E-state index < -0.39 is 0 Å². The highest BCUT2D eigenvalue weighted by Gasteiger charge is 2.20. The molecule has 1 fully saturated rings. The van der Waals surface area contributed by atoms with Crippen LogP contribution in [0.5, 0.6) is 0 Å². The van der Waals surface area contributed by atoms with Gasteiger partial charge in [-0.1, -0.05) is 31.2 Å². The molecule has 3 heteroatoms. The van der Waals surface area contributed by atoms with Crippen LogP contribution in [0.25, 0.3) is 0 Å². The maximum absolute atomic E-state index is 3.42. The van der Waals surface area contributed by atoms with Crippen molar-refractivity contribution in [3.63, 3.8) is 0 Å². The molecule has 0 spiro atoms. The van der Waals surface area contributed by atoms with Crippen molar-refractivity contribution >= 4 is 0 Å². The number of likely N-dealkylation sites (N-methyl/N-ethyl adjacent to an activating group) is 2. The van der Waals surface area contributed by atoms with Crippen LogP contribution >= 0.6 is 0 Å². The Balaban J connectivity index is 1.94. The Kier molecular flexibility index (Phi) is 6.02. The number of rotatable bonds is 6. The summed E-state index contributed by atoms with van der Waals surface area (Å²) in [5, 5.41) is 3.42. The van der Waals surface area contributed by atoms with Gasteiger partial charge in [-0.05, 0) is 44.6 Å². The van der Waals surface area contributed by atoms with Crippen molar-refractivity contribution in [3.8, 4) is 0 Å². The monoisotopic (exact) mass is 275 g/mol. The van der Waals surface area contributed by atoms with E-state index in [1.807, 2.05) is 0 Å². The van der Waals surface area contributed by atoms with Crippen molar-refractivity contribution in [2.24, 2.45) is 0 Å². The summed E-state index contributed by atoms with van der Waals surface area (Å²) >= 11 is 0. The van der Waals surface area contributed by atoms with Crippen LogP contribution in [0.2, 0.25) is 0 Å². The topological polar surface area (TPSA) is 18.5 Å². The predicted octanol–water partition coefficient (Wildman–Crippen LogP) is 1.97. The lowest BCUT2D eigenvalue weighted by molar-refractivity contribution is 0.0998. The number of hydrogen-bond acceptors (Lipinski definition) is 3. The normalized spacial score (nSPS) is 21.2. The van der Waals surface area contributed by atoms with Gasteiger partial charge in [0, 0.05) is 32.2 Å². The fourth-order valence-corrected chi connectivity index (χ4v) is 2.86. The fourth-order valence-electron chi connectivity index (χ4n) is 2.86. The standard InChI is InChI=1S/C17H29N3/c1-4-18-10-9-16-7-5-6-8-17(16)14-20-12-11-19(3)15(2)13-20/h5-8,15,18H,4,9-14H2,1-3H3. The maximum atomic E-state index is 3.42. The summed E-state index contributed by atoms with van der Waals surface area (Å²) in [5.74, 6) is 0. The summed E-state index contributed by atoms with van der Waals surface area (Å²) in [6.45, 7) is 11.3. The summed E-state index contributed by atoms with van der Waals surface area (Å²) in [6.07, 6.45) is 1.13. The maximum Gasteiger partial charge on any atom is 0.0237 e. The lowest BCUT2D eigenvalue weighted by atomic mass is 10.0. The second-order valence-corrected chi connectivity index (χ2v) is 5.94. The van der Waals surface area contributed by atoms with Gasteiger partial charge in [0.1, 0.15) is 0 Å². The molecule has 0 aliphatic carbocycles. The molecule has 1 aromatic rings. The quantitative estimate of drug-likeness (QED) is 0.801. The molecule has 1 aliphatic rings. The molecule has 3 nitrogen and oxygen atoms in total. The second kappa shape index (κ2) is 7.77. The second-order valence-electron chi connectivity index (χ2n) is 5.94. The zero-order chi connectivity index (χ0) is 14.4. The zero-order valence-electron chi connectivity index (χ0n) is 13.2. The van der Waals surface area contributed by atoms with E-state index in [9.17, 15) is 0 Å². The first-order valence-electron chi connectivity index (χ1n) is 7.90. The van der Waals surface area contributed by atoms with Crippen molar-refractivity contribution < 1.29 is 0 Å². The molecule has 1 unspecified atom stereocenters. The summed E-state index contributed by atoms with van der Waals surface area (Å²) < 4.78 is 0. The first-order valence-corrected chi connectivity index (χ1v) is 7.90. The zero-order valence-corrected chi connectivity index (χ0v) is 13.2. The van der Waals surface area contributed by atoms with Gasteiger partial charge in [0.25, 0.3) is 0 Å². The lowest BCUT2D eigenvalue weighted by Crippen LogP contribution is -2.49. The van der Waals surface area contributed by atoms with Crippen LogP contribution in [0.3, 0.4) is 0 Å². The van der Waals surface area contributed by atoms with E-state index in [1.54, 1.807) is 0 Å². The third kappa shape index (κ3) is 4.30. The summed E-state index contributed by atoms with van der Waals surface area (Å²) in [5.41, 5.74) is 3.00. The Bertz CT molecular complexity index is 405. The number of nitrogens with one attached hydrogen (secondary N) is 1. The molecule has 1 atom stereocenters. The molecule has 0 radical (unpaired) electrons. The Morgan fingerprint density at radius 1 is 1.20 bits per heavy atom. The van der Waals surface area contributed by atoms with Gasteiger partial charge in [0.15, 0.2) is 0 Å². The van der Waals surface area contributed by atoms with E-state index in [-0.39, 0.29) is 0 Å². The van der Waals surface area contributed by atoms with Crippen molar-refractivity contribution in [2.75, 3.05) is 39.8 Å². The van der Waals surface area contributed by atoms with E-state index in [0.29, 0.717) is 6.04 Å². The number of benzene rings is 1. The van der Waals surface area contributed by atoms with Crippen molar-refractivity contribution in [2.45, 2.75) is 32.9 Å². The number of nitrogens with zero attached hydrogens (tertiary/aromatic N) is 2. The molecule has 0 aromatic heterocycles. The molecular formula is C17H29N3. The van der Waals surface area contributed by atoms with Gasteiger partial charge in [-0.3, -0.25) is 4.90 Å². The minimum atomic E-state index is 0.665. The first-order chi connectivity index (χ1) is 9.70. The summed E-state index contributed by atoms with van der Waals surface area (Å²) in [4.78, 5) is 5.05. The van der Waals surface area contributed by atoms with E-state index in [0.717, 1.165) is 26.1 Å². The Morgan fingerprint density at radius 2 is 1.95 bits per heavy atom. The minimum Gasteiger partial charge on any atom is -0.317 e. The van der Waals surface area contributed by atoms with Gasteiger partial charge in [0.05, 0.1) is 0 Å². The molecule has 1 heterocycles. The summed E-state index contributed by atoms with van der Waals surface area (Å²) in [7, 11) is 2.23. The molecule has 1 aromatic carbocycles. The van der Waals surface area contributed by atoms with Crippen LogP contribution in [-0.2, 0) is 13.0 Å². The SMILES string of the molecule is CCNCCc1ccccc1CN1CCN(C)C(C)C1. The third-order valence-corrected chi connectivity index (χ3v) is 4.38. The molecule has 0 amide bonds. The van der Waals surface area contributed by atoms with Crippen LogP contribution in [0.4, 0.5) is 0 Å². The van der Waals surface area contributed by atoms with Crippen LogP contribution in [-0.4, -0.2) is 55.6 Å². The van der Waals surface area contributed by atoms with Gasteiger partial charge in [-0.25, -0.2) is 0 Å². The molecule has 0 bridgehead atoms. The Morgan fingerprint density at radius 3 is 2.65 bits per heavy atom. The third-order valence-electron chi connectivity index (χ3n) is 4.38. The van der Waals surface area contributed by atoms with Crippen molar-refractivity contribution in [3.05, 3.63) is 35.4 Å². The average Bonchev–Trinajstić information content (AvgIpc) is 2.45. The van der Waals surface area contributed by atoms with Crippen molar-refractivity contribution in [1.82, 2.24) is 15.1 Å². The number of piperazine rings is 1. The average molecular weight is 275 g/mol. The number of hydrogen-bond donors (Lipinski definition) is 1. The molecule has 2 rings (SSSR count). The predicted molar refractivity (Wildman–Crippen MR) is 86.1 cm³/mol. The van der Waals surface area contributed by atoms with Gasteiger partial charge in [-0.15, -0.1) is 0 Å². The van der Waals surface area contributed by atoms with Crippen LogP contribution < -0.4 is 5.32 Å². The van der Waals surface area contributed by atoms with Crippen LogP contribution in [0.15, 0.2) is 24.3 Å². The Labute approximate surface area is 124 Å². The minimum absolute atomic E-state index is 0.665.